The third kappa shape index (κ3) is 10.1. The zero-order chi connectivity index (χ0) is 48.5. The van der Waals surface area contributed by atoms with Gasteiger partial charge in [0.2, 0.25) is 5.91 Å². The molecule has 2 aliphatic heterocycles. The molecule has 4 bridgehead atoms. The van der Waals surface area contributed by atoms with Crippen molar-refractivity contribution in [1.82, 2.24) is 34.2 Å². The smallest absolute Gasteiger partial charge is 0.320 e. The monoisotopic (exact) mass is 935 g/mol. The first-order valence-electron chi connectivity index (χ1n) is 23.3. The lowest BCUT2D eigenvalue weighted by Crippen LogP contribution is -2.56. The van der Waals surface area contributed by atoms with Crippen LogP contribution in [-0.4, -0.2) is 128 Å². The summed E-state index contributed by atoms with van der Waals surface area (Å²) in [5.41, 5.74) is 5.91. The van der Waals surface area contributed by atoms with E-state index in [1.807, 2.05) is 45.2 Å². The van der Waals surface area contributed by atoms with Gasteiger partial charge in [0.05, 0.1) is 46.9 Å². The number of cyclic esters (lactones) is 1. The van der Waals surface area contributed by atoms with Crippen LogP contribution in [0, 0.1) is 17.3 Å². The van der Waals surface area contributed by atoms with Crippen LogP contribution >= 0.6 is 11.3 Å². The number of nitrogens with zero attached hydrogens (tertiary/aromatic N) is 8. The standard InChI is InChI=1S/C50H65N9O7S/c1-11-40(60)57-22-23-58(45-30(5)44(45)57)49(64)55(9)43(29(3)4)47(62)54-36-25-39-53-37(27-67-39)32-18-19-38-34(24-32)35(46(56(38)12-2)33-16-15-20-52-42(33)31(6)65-10)26-50(7,8)28-66-41(61)17-13-14-21-59(51)48(36)63/h11,15-16,18-20,24,27,29-31,43-45H,1,12-14,17,21-23,25-26,28,51H2,2-10H3/b54-36-/t30-,31+,43+,44+,45-/m1/s1. The largest absolute Gasteiger partial charge is 0.465 e. The first-order valence-corrected chi connectivity index (χ1v) is 24.2. The molecule has 5 amide bonds. The fourth-order valence-corrected chi connectivity index (χ4v) is 10.7. The average Bonchev–Trinajstić information content (AvgIpc) is 3.61. The number of aromatic nitrogens is 3. The number of hydrazine groups is 1. The Balaban J connectivity index is 1.26. The van der Waals surface area contributed by atoms with E-state index in [2.05, 4.69) is 55.1 Å². The summed E-state index contributed by atoms with van der Waals surface area (Å²) < 4.78 is 14.0. The van der Waals surface area contributed by atoms with Crippen LogP contribution in [0.4, 0.5) is 4.79 Å². The van der Waals surface area contributed by atoms with Gasteiger partial charge in [0.15, 0.2) is 0 Å². The number of rotatable bonds is 8. The Bertz CT molecular complexity index is 2580. The summed E-state index contributed by atoms with van der Waals surface area (Å²) in [4.78, 5) is 87.6. The number of likely N-dealkylation sites (N-methyl/N-ethyl adjacent to an activating group) is 1. The molecule has 4 aromatic rings. The van der Waals surface area contributed by atoms with Crippen molar-refractivity contribution < 1.29 is 33.4 Å². The Morgan fingerprint density at radius 3 is 2.54 bits per heavy atom. The minimum Gasteiger partial charge on any atom is -0.465 e. The summed E-state index contributed by atoms with van der Waals surface area (Å²) in [5.74, 6) is 4.26. The van der Waals surface area contributed by atoms with Gasteiger partial charge in [0.1, 0.15) is 11.8 Å². The molecule has 3 aromatic heterocycles. The summed E-state index contributed by atoms with van der Waals surface area (Å²) in [6.07, 6.45) is 4.25. The number of hydrogen-bond donors (Lipinski definition) is 1. The molecule has 3 aliphatic rings. The van der Waals surface area contributed by atoms with Crippen molar-refractivity contribution in [3.05, 3.63) is 70.8 Å². The van der Waals surface area contributed by atoms with Crippen LogP contribution < -0.4 is 5.84 Å². The Hall–Kier alpha value is -5.78. The van der Waals surface area contributed by atoms with E-state index in [0.29, 0.717) is 49.6 Å². The van der Waals surface area contributed by atoms with Gasteiger partial charge in [-0.15, -0.1) is 11.3 Å². The summed E-state index contributed by atoms with van der Waals surface area (Å²) in [6, 6.07) is 8.64. The highest BCUT2D eigenvalue weighted by atomic mass is 32.1. The fourth-order valence-electron chi connectivity index (χ4n) is 9.87. The van der Waals surface area contributed by atoms with Crippen molar-refractivity contribution in [3.8, 4) is 22.5 Å². The van der Waals surface area contributed by atoms with E-state index >= 15 is 0 Å². The predicted octanol–water partition coefficient (Wildman–Crippen LogP) is 6.86. The number of pyridine rings is 1. The van der Waals surface area contributed by atoms with Gasteiger partial charge in [0, 0.05) is 98.1 Å². The molecule has 358 valence electrons. The molecule has 1 saturated carbocycles. The highest BCUT2D eigenvalue weighted by molar-refractivity contribution is 7.10. The van der Waals surface area contributed by atoms with Gasteiger partial charge in [-0.2, -0.15) is 0 Å². The van der Waals surface area contributed by atoms with Gasteiger partial charge in [-0.3, -0.25) is 29.2 Å². The van der Waals surface area contributed by atoms with Crippen LogP contribution in [0.25, 0.3) is 33.4 Å². The highest BCUT2D eigenvalue weighted by Gasteiger charge is 2.59. The van der Waals surface area contributed by atoms with E-state index in [1.54, 1.807) is 30.2 Å². The molecule has 2 N–H and O–H groups in total. The minimum atomic E-state index is -1.01. The van der Waals surface area contributed by atoms with Gasteiger partial charge in [-0.1, -0.05) is 47.3 Å². The molecule has 17 heteroatoms. The second-order valence-corrected chi connectivity index (χ2v) is 20.1. The number of amides is 5. The Morgan fingerprint density at radius 1 is 1.10 bits per heavy atom. The van der Waals surface area contributed by atoms with Gasteiger partial charge in [-0.25, -0.2) is 20.6 Å². The van der Waals surface area contributed by atoms with Crippen LogP contribution in [0.5, 0.6) is 0 Å². The lowest BCUT2D eigenvalue weighted by molar-refractivity contribution is -0.146. The molecule has 0 spiro atoms. The Morgan fingerprint density at radius 2 is 1.84 bits per heavy atom. The number of ether oxygens (including phenoxy) is 2. The van der Waals surface area contributed by atoms with Gasteiger partial charge >= 0.3 is 12.0 Å². The lowest BCUT2D eigenvalue weighted by atomic mass is 9.84. The summed E-state index contributed by atoms with van der Waals surface area (Å²) in [5, 5.41) is 4.53. The number of esters is 1. The van der Waals surface area contributed by atoms with E-state index in [4.69, 9.17) is 25.3 Å². The number of thiazole rings is 1. The van der Waals surface area contributed by atoms with E-state index in [1.165, 1.54) is 22.3 Å². The van der Waals surface area contributed by atoms with Crippen molar-refractivity contribution in [1.29, 1.82) is 0 Å². The molecule has 5 heterocycles. The van der Waals surface area contributed by atoms with Crippen LogP contribution in [0.2, 0.25) is 0 Å². The third-order valence-electron chi connectivity index (χ3n) is 13.4. The molecule has 1 aromatic carbocycles. The van der Waals surface area contributed by atoms with Crippen LogP contribution in [0.15, 0.2) is 59.6 Å². The van der Waals surface area contributed by atoms with Crippen LogP contribution in [0.1, 0.15) is 90.1 Å². The number of benzene rings is 1. The number of carbonyl (C=O) groups excluding carboxylic acids is 5. The summed E-state index contributed by atoms with van der Waals surface area (Å²) in [6.45, 7) is 19.2. The van der Waals surface area contributed by atoms with Gasteiger partial charge < -0.3 is 28.7 Å². The molecule has 5 atom stereocenters. The second kappa shape index (κ2) is 20.2. The van der Waals surface area contributed by atoms with Gasteiger partial charge in [-0.05, 0) is 74.9 Å². The molecule has 2 fully saturated rings. The maximum Gasteiger partial charge on any atom is 0.320 e. The first-order chi connectivity index (χ1) is 31.9. The van der Waals surface area contributed by atoms with Crippen LogP contribution in [-0.2, 0) is 48.0 Å². The van der Waals surface area contributed by atoms with Gasteiger partial charge in [0.25, 0.3) is 11.8 Å². The fraction of sp³-hybridized carbons (Fsp3) is 0.520. The molecular weight excluding hydrogens is 871 g/mol. The quantitative estimate of drug-likeness (QED) is 0.0848. The Labute approximate surface area is 397 Å². The number of hydrogen-bond acceptors (Lipinski definition) is 11. The zero-order valence-electron chi connectivity index (χ0n) is 40.3. The topological polar surface area (TPSA) is 186 Å². The number of fused-ring (bicyclic) bond motifs is 5. The molecule has 16 nitrogen and oxygen atoms in total. The molecule has 0 unspecified atom stereocenters. The van der Waals surface area contributed by atoms with Crippen molar-refractivity contribution in [2.45, 2.75) is 111 Å². The van der Waals surface area contributed by atoms with Crippen molar-refractivity contribution in [2.24, 2.45) is 28.1 Å². The normalized spacial score (nSPS) is 21.8. The van der Waals surface area contributed by atoms with Crippen molar-refractivity contribution in [3.63, 3.8) is 0 Å². The Kier molecular flexibility index (Phi) is 14.8. The van der Waals surface area contributed by atoms with Crippen LogP contribution in [0.3, 0.4) is 0 Å². The minimum absolute atomic E-state index is 0.0661. The SMILES string of the molecule is C=CC(=O)N1CCN(C(=O)N(C)[C@H](C(=O)/N=C2/Cc3nc(cs3)-c3ccc4c(c3)c(c(-c3cccnc3[C@H](C)OC)n4CC)CC(C)(C)COC(=O)CCCCN(N)C2=O)C(C)C)[C@@H]2[C@H](C)[C@@H]21. The molecule has 7 rings (SSSR count). The van der Waals surface area contributed by atoms with Crippen molar-refractivity contribution >= 4 is 57.7 Å². The van der Waals surface area contributed by atoms with E-state index in [0.717, 1.165) is 44.0 Å². The number of aryl methyl sites for hydroxylation is 1. The summed E-state index contributed by atoms with van der Waals surface area (Å²) >= 11 is 1.35. The van der Waals surface area contributed by atoms with E-state index in [9.17, 15) is 24.0 Å². The summed E-state index contributed by atoms with van der Waals surface area (Å²) in [7, 11) is 3.25. The van der Waals surface area contributed by atoms with E-state index < -0.39 is 23.3 Å². The molecule has 0 radical (unpaired) electrons. The number of piperazine rings is 1. The second-order valence-electron chi connectivity index (χ2n) is 19.1. The van der Waals surface area contributed by atoms with E-state index in [-0.39, 0.29) is 79.6 Å². The molecule has 67 heavy (non-hydrogen) atoms. The zero-order valence-corrected chi connectivity index (χ0v) is 41.1. The third-order valence-corrected chi connectivity index (χ3v) is 14.3. The first kappa shape index (κ1) is 49.1. The lowest BCUT2D eigenvalue weighted by Gasteiger charge is -2.38. The number of carbonyl (C=O) groups is 5. The number of methoxy groups -OCH3 is 1. The molecular formula is C50H65N9O7S. The maximum absolute atomic E-state index is 14.4. The highest BCUT2D eigenvalue weighted by Crippen LogP contribution is 2.44. The maximum atomic E-state index is 14.4. The molecule has 1 saturated heterocycles. The number of urea groups is 1. The number of aliphatic imine (C=N–C) groups is 1. The molecule has 1 aliphatic carbocycles. The average molecular weight is 936 g/mol. The van der Waals surface area contributed by atoms with Crippen molar-refractivity contribution in [2.75, 3.05) is 40.4 Å². The predicted molar refractivity (Wildman–Crippen MR) is 259 cm³/mol. The number of nitrogens with two attached hydrogens (primary N) is 1.